The molecule has 1 aromatic rings. The number of hydrogen-bond donors (Lipinski definition) is 0. The second-order valence-electron chi connectivity index (χ2n) is 4.53. The van der Waals surface area contributed by atoms with E-state index >= 15 is 0 Å². The van der Waals surface area contributed by atoms with Crippen LogP contribution in [-0.2, 0) is 6.42 Å². The summed E-state index contributed by atoms with van der Waals surface area (Å²) in [7, 11) is 0. The van der Waals surface area contributed by atoms with Crippen molar-refractivity contribution in [1.29, 1.82) is 0 Å². The van der Waals surface area contributed by atoms with Crippen molar-refractivity contribution in [3.63, 3.8) is 0 Å². The molecule has 1 unspecified atom stereocenters. The highest BCUT2D eigenvalue weighted by molar-refractivity contribution is 6.28. The quantitative estimate of drug-likeness (QED) is 0.773. The maximum Gasteiger partial charge on any atom is 0.225 e. The van der Waals surface area contributed by atoms with Gasteiger partial charge in [0.1, 0.15) is 5.82 Å². The summed E-state index contributed by atoms with van der Waals surface area (Å²) >= 11 is 6.07. The van der Waals surface area contributed by atoms with E-state index in [0.29, 0.717) is 11.3 Å². The van der Waals surface area contributed by atoms with Gasteiger partial charge in [0.25, 0.3) is 0 Å². The zero-order valence-corrected chi connectivity index (χ0v) is 10.2. The molecule has 0 saturated heterocycles. The molecule has 1 heterocycles. The number of halogens is 1. The summed E-state index contributed by atoms with van der Waals surface area (Å²) in [6.07, 6.45) is 6.04. The van der Waals surface area contributed by atoms with Crippen LogP contribution in [0.3, 0.4) is 0 Å². The molecule has 0 radical (unpaired) electrons. The Morgan fingerprint density at radius 2 is 2.20 bits per heavy atom. The van der Waals surface area contributed by atoms with Gasteiger partial charge in [-0.2, -0.15) is 0 Å². The largest absolute Gasteiger partial charge is 0.299 e. The minimum Gasteiger partial charge on any atom is -0.299 e. The van der Waals surface area contributed by atoms with Crippen molar-refractivity contribution in [2.24, 2.45) is 5.92 Å². The summed E-state index contributed by atoms with van der Waals surface area (Å²) in [6.45, 7) is 4.37. The average molecular weight is 228 g/mol. The smallest absolute Gasteiger partial charge is 0.225 e. The highest BCUT2D eigenvalue weighted by Gasteiger charge is 2.26. The van der Waals surface area contributed by atoms with E-state index in [-0.39, 0.29) is 0 Å². The van der Waals surface area contributed by atoms with E-state index in [4.69, 9.17) is 11.6 Å². The second-order valence-corrected chi connectivity index (χ2v) is 4.87. The Morgan fingerprint density at radius 3 is 2.80 bits per heavy atom. The van der Waals surface area contributed by atoms with Gasteiger partial charge in [-0.05, 0) is 37.3 Å². The standard InChI is InChI=1S/C11H18ClN3/c1-3-4-10-13-14-11(12)15(10)8(2)7-9-5-6-9/h8-9H,3-7H2,1-2H3. The van der Waals surface area contributed by atoms with Crippen LogP contribution in [0, 0.1) is 5.92 Å². The van der Waals surface area contributed by atoms with E-state index in [1.54, 1.807) is 0 Å². The molecule has 0 spiro atoms. The molecule has 4 heteroatoms. The molecule has 1 saturated carbocycles. The van der Waals surface area contributed by atoms with Crippen molar-refractivity contribution in [3.8, 4) is 0 Å². The first-order valence-electron chi connectivity index (χ1n) is 5.81. The lowest BCUT2D eigenvalue weighted by Gasteiger charge is -2.15. The Balaban J connectivity index is 2.11. The molecular formula is C11H18ClN3. The fraction of sp³-hybridized carbons (Fsp3) is 0.818. The molecule has 84 valence electrons. The van der Waals surface area contributed by atoms with Crippen molar-refractivity contribution in [1.82, 2.24) is 14.8 Å². The monoisotopic (exact) mass is 227 g/mol. The van der Waals surface area contributed by atoms with Crippen LogP contribution in [-0.4, -0.2) is 14.8 Å². The Morgan fingerprint density at radius 1 is 1.47 bits per heavy atom. The highest BCUT2D eigenvalue weighted by atomic mass is 35.5. The van der Waals surface area contributed by atoms with Crippen molar-refractivity contribution in [2.75, 3.05) is 0 Å². The molecule has 1 fully saturated rings. The summed E-state index contributed by atoms with van der Waals surface area (Å²) < 4.78 is 2.10. The Kier molecular flexibility index (Phi) is 3.29. The molecular weight excluding hydrogens is 210 g/mol. The highest BCUT2D eigenvalue weighted by Crippen LogP contribution is 2.37. The van der Waals surface area contributed by atoms with E-state index in [0.717, 1.165) is 24.6 Å². The first kappa shape index (κ1) is 10.9. The molecule has 15 heavy (non-hydrogen) atoms. The normalized spacial score (nSPS) is 18.1. The van der Waals surface area contributed by atoms with Gasteiger partial charge in [-0.3, -0.25) is 4.57 Å². The lowest BCUT2D eigenvalue weighted by atomic mass is 10.1. The van der Waals surface area contributed by atoms with Crippen LogP contribution in [0.5, 0.6) is 0 Å². The van der Waals surface area contributed by atoms with Gasteiger partial charge in [0.05, 0.1) is 0 Å². The third-order valence-electron chi connectivity index (χ3n) is 3.01. The lowest BCUT2D eigenvalue weighted by Crippen LogP contribution is -2.10. The average Bonchev–Trinajstić information content (AvgIpc) is 2.91. The van der Waals surface area contributed by atoms with E-state index < -0.39 is 0 Å². The van der Waals surface area contributed by atoms with Gasteiger partial charge in [0.15, 0.2) is 0 Å². The molecule has 0 amide bonds. The molecule has 0 bridgehead atoms. The van der Waals surface area contributed by atoms with E-state index in [1.807, 2.05) is 0 Å². The summed E-state index contributed by atoms with van der Waals surface area (Å²) in [6, 6.07) is 0.446. The Bertz CT molecular complexity index is 331. The van der Waals surface area contributed by atoms with Crippen LogP contribution in [0.2, 0.25) is 5.28 Å². The summed E-state index contributed by atoms with van der Waals surface area (Å²) in [5.41, 5.74) is 0. The van der Waals surface area contributed by atoms with Crippen molar-refractivity contribution in [2.45, 2.75) is 52.0 Å². The fourth-order valence-corrected chi connectivity index (χ4v) is 2.38. The van der Waals surface area contributed by atoms with Crippen molar-refractivity contribution < 1.29 is 0 Å². The van der Waals surface area contributed by atoms with Crippen LogP contribution in [0.15, 0.2) is 0 Å². The van der Waals surface area contributed by atoms with E-state index in [2.05, 4.69) is 28.6 Å². The molecule has 0 N–H and O–H groups in total. The fourth-order valence-electron chi connectivity index (χ4n) is 2.07. The number of nitrogens with zero attached hydrogens (tertiary/aromatic N) is 3. The minimum atomic E-state index is 0.446. The Hall–Kier alpha value is -0.570. The maximum absolute atomic E-state index is 6.07. The first-order chi connectivity index (χ1) is 7.22. The van der Waals surface area contributed by atoms with Gasteiger partial charge < -0.3 is 0 Å². The predicted octanol–water partition coefficient (Wildman–Crippen LogP) is 3.25. The molecule has 2 rings (SSSR count). The summed E-state index contributed by atoms with van der Waals surface area (Å²) in [4.78, 5) is 0. The number of aryl methyl sites for hydroxylation is 1. The van der Waals surface area contributed by atoms with Gasteiger partial charge in [-0.15, -0.1) is 10.2 Å². The zero-order chi connectivity index (χ0) is 10.8. The predicted molar refractivity (Wildman–Crippen MR) is 61.1 cm³/mol. The lowest BCUT2D eigenvalue weighted by molar-refractivity contribution is 0.460. The Labute approximate surface area is 95.8 Å². The van der Waals surface area contributed by atoms with Gasteiger partial charge in [0, 0.05) is 12.5 Å². The molecule has 0 aliphatic heterocycles. The number of hydrogen-bond acceptors (Lipinski definition) is 2. The summed E-state index contributed by atoms with van der Waals surface area (Å²) in [5, 5.41) is 8.65. The van der Waals surface area contributed by atoms with Gasteiger partial charge in [-0.1, -0.05) is 19.8 Å². The zero-order valence-electron chi connectivity index (χ0n) is 9.41. The van der Waals surface area contributed by atoms with Crippen LogP contribution in [0.1, 0.15) is 51.4 Å². The molecule has 1 aliphatic rings. The third-order valence-corrected chi connectivity index (χ3v) is 3.27. The van der Waals surface area contributed by atoms with Crippen molar-refractivity contribution >= 4 is 11.6 Å². The van der Waals surface area contributed by atoms with Gasteiger partial charge in [-0.25, -0.2) is 0 Å². The minimum absolute atomic E-state index is 0.446. The van der Waals surface area contributed by atoms with E-state index in [9.17, 15) is 0 Å². The SMILES string of the molecule is CCCc1nnc(Cl)n1C(C)CC1CC1. The topological polar surface area (TPSA) is 30.7 Å². The maximum atomic E-state index is 6.07. The molecule has 1 aromatic heterocycles. The van der Waals surface area contributed by atoms with Crippen LogP contribution in [0.25, 0.3) is 0 Å². The summed E-state index contributed by atoms with van der Waals surface area (Å²) in [5.74, 6) is 1.95. The van der Waals surface area contributed by atoms with Gasteiger partial charge >= 0.3 is 0 Å². The molecule has 0 aromatic carbocycles. The van der Waals surface area contributed by atoms with Crippen molar-refractivity contribution in [3.05, 3.63) is 11.1 Å². The molecule has 1 atom stereocenters. The van der Waals surface area contributed by atoms with Gasteiger partial charge in [0.2, 0.25) is 5.28 Å². The number of rotatable bonds is 5. The second kappa shape index (κ2) is 4.52. The van der Waals surface area contributed by atoms with Crippen LogP contribution >= 0.6 is 11.6 Å². The van der Waals surface area contributed by atoms with Crippen LogP contribution < -0.4 is 0 Å². The third kappa shape index (κ3) is 2.51. The van der Waals surface area contributed by atoms with Crippen LogP contribution in [0.4, 0.5) is 0 Å². The molecule has 1 aliphatic carbocycles. The number of aromatic nitrogens is 3. The first-order valence-corrected chi connectivity index (χ1v) is 6.19. The molecule has 3 nitrogen and oxygen atoms in total. The van der Waals surface area contributed by atoms with E-state index in [1.165, 1.54) is 19.3 Å².